The number of thiazole rings is 1. The van der Waals surface area contributed by atoms with E-state index in [2.05, 4.69) is 25.9 Å². The maximum atomic E-state index is 11.3. The molecule has 1 heterocycles. The molecule has 1 aromatic heterocycles. The van der Waals surface area contributed by atoms with Crippen LogP contribution in [0.1, 0.15) is 29.3 Å². The molecule has 0 radical (unpaired) electrons. The molecule has 8 heteroatoms. The van der Waals surface area contributed by atoms with Gasteiger partial charge >= 0.3 is 0 Å². The smallest absolute Gasteiger partial charge is 0.221 e. The number of aromatic nitrogens is 1. The maximum absolute atomic E-state index is 11.3. The Labute approximate surface area is 157 Å². The van der Waals surface area contributed by atoms with Crippen LogP contribution in [0.4, 0.5) is 5.69 Å². The molecule has 1 amide bonds. The minimum atomic E-state index is -0.141. The third kappa shape index (κ3) is 6.03. The fraction of sp³-hybridized carbons (Fsp3) is 0.389. The van der Waals surface area contributed by atoms with Crippen LogP contribution in [0.2, 0.25) is 0 Å². The zero-order valence-electron chi connectivity index (χ0n) is 15.5. The van der Waals surface area contributed by atoms with Crippen molar-refractivity contribution in [3.63, 3.8) is 0 Å². The van der Waals surface area contributed by atoms with Crippen LogP contribution in [0, 0.1) is 6.92 Å². The Bertz CT molecular complexity index is 773. The molecule has 26 heavy (non-hydrogen) atoms. The molecule has 0 saturated carbocycles. The first kappa shape index (κ1) is 19.7. The van der Waals surface area contributed by atoms with Gasteiger partial charge in [-0.3, -0.25) is 4.79 Å². The van der Waals surface area contributed by atoms with Crippen LogP contribution in [-0.2, 0) is 17.9 Å². The summed E-state index contributed by atoms with van der Waals surface area (Å²) in [4.78, 5) is 21.5. The summed E-state index contributed by atoms with van der Waals surface area (Å²) in [6.45, 7) is 7.40. The number of aryl methyl sites for hydroxylation is 1. The summed E-state index contributed by atoms with van der Waals surface area (Å²) < 4.78 is 5.27. The first-order valence-corrected chi connectivity index (χ1v) is 9.21. The number of hydrogen-bond donors (Lipinski definition) is 3. The van der Waals surface area contributed by atoms with E-state index in [-0.39, 0.29) is 5.91 Å². The summed E-state index contributed by atoms with van der Waals surface area (Å²) in [5, 5.41) is 10.3. The van der Waals surface area contributed by atoms with E-state index < -0.39 is 0 Å². The lowest BCUT2D eigenvalue weighted by Gasteiger charge is -2.12. The zero-order valence-corrected chi connectivity index (χ0v) is 16.4. The van der Waals surface area contributed by atoms with Crippen molar-refractivity contribution in [3.8, 4) is 5.75 Å². The highest BCUT2D eigenvalue weighted by Crippen LogP contribution is 2.25. The average Bonchev–Trinajstić information content (AvgIpc) is 3.02. The SMILES string of the molecule is CCNC(=NCc1ccc(OC)c(NC(C)=O)c1)NCc1ncc(C)s1. The Morgan fingerprint density at radius 1 is 1.35 bits per heavy atom. The molecule has 0 saturated heterocycles. The molecule has 7 nitrogen and oxygen atoms in total. The second-order valence-corrected chi connectivity index (χ2v) is 6.95. The number of ether oxygens (including phenoxy) is 1. The Balaban J connectivity index is 2.06. The van der Waals surface area contributed by atoms with Gasteiger partial charge in [-0.2, -0.15) is 0 Å². The Hall–Kier alpha value is -2.61. The number of amides is 1. The molecular weight excluding hydrogens is 350 g/mol. The second-order valence-electron chi connectivity index (χ2n) is 5.63. The highest BCUT2D eigenvalue weighted by atomic mass is 32.1. The molecule has 0 atom stereocenters. The van der Waals surface area contributed by atoms with Crippen LogP contribution < -0.4 is 20.7 Å². The molecule has 3 N–H and O–H groups in total. The Morgan fingerprint density at radius 2 is 2.15 bits per heavy atom. The van der Waals surface area contributed by atoms with E-state index in [9.17, 15) is 4.79 Å². The topological polar surface area (TPSA) is 87.6 Å². The number of carbonyl (C=O) groups is 1. The van der Waals surface area contributed by atoms with Crippen molar-refractivity contribution in [2.24, 2.45) is 4.99 Å². The van der Waals surface area contributed by atoms with E-state index in [1.54, 1.807) is 18.4 Å². The molecule has 0 unspecified atom stereocenters. The van der Waals surface area contributed by atoms with Crippen LogP contribution in [0.3, 0.4) is 0 Å². The summed E-state index contributed by atoms with van der Waals surface area (Å²) in [5.41, 5.74) is 1.61. The van der Waals surface area contributed by atoms with Gasteiger partial charge in [-0.05, 0) is 31.5 Å². The van der Waals surface area contributed by atoms with Gasteiger partial charge in [0.05, 0.1) is 25.9 Å². The van der Waals surface area contributed by atoms with Gasteiger partial charge in [0.25, 0.3) is 0 Å². The summed E-state index contributed by atoms with van der Waals surface area (Å²) in [6, 6.07) is 5.63. The van der Waals surface area contributed by atoms with Crippen molar-refractivity contribution in [2.45, 2.75) is 33.9 Å². The van der Waals surface area contributed by atoms with Gasteiger partial charge in [0.15, 0.2) is 5.96 Å². The summed E-state index contributed by atoms with van der Waals surface area (Å²) in [6.07, 6.45) is 1.87. The van der Waals surface area contributed by atoms with Crippen LogP contribution in [0.15, 0.2) is 29.4 Å². The van der Waals surface area contributed by atoms with E-state index >= 15 is 0 Å². The van der Waals surface area contributed by atoms with Gasteiger partial charge in [-0.1, -0.05) is 6.07 Å². The number of guanidine groups is 1. The third-order valence-electron chi connectivity index (χ3n) is 3.41. The van der Waals surface area contributed by atoms with Crippen LogP contribution >= 0.6 is 11.3 Å². The standard InChI is InChI=1S/C18H25N5O2S/c1-5-19-18(22-11-17-20-9-12(2)26-17)21-10-14-6-7-16(25-4)15(8-14)23-13(3)24/h6-9H,5,10-11H2,1-4H3,(H,23,24)(H2,19,21,22). The molecule has 0 aliphatic heterocycles. The van der Waals surface area contributed by atoms with E-state index in [4.69, 9.17) is 4.74 Å². The fourth-order valence-corrected chi connectivity index (χ4v) is 3.02. The summed E-state index contributed by atoms with van der Waals surface area (Å²) >= 11 is 1.66. The van der Waals surface area contributed by atoms with Crippen molar-refractivity contribution in [3.05, 3.63) is 39.8 Å². The zero-order chi connectivity index (χ0) is 18.9. The van der Waals surface area contributed by atoms with Gasteiger partial charge in [-0.25, -0.2) is 9.98 Å². The molecule has 140 valence electrons. The minimum absolute atomic E-state index is 0.141. The highest BCUT2D eigenvalue weighted by molar-refractivity contribution is 7.11. The number of benzene rings is 1. The van der Waals surface area contributed by atoms with Crippen LogP contribution in [0.25, 0.3) is 0 Å². The van der Waals surface area contributed by atoms with Gasteiger partial charge in [0, 0.05) is 24.5 Å². The normalized spacial score (nSPS) is 11.2. The van der Waals surface area contributed by atoms with E-state index in [1.165, 1.54) is 11.8 Å². The number of carbonyl (C=O) groups excluding carboxylic acids is 1. The lowest BCUT2D eigenvalue weighted by molar-refractivity contribution is -0.114. The quantitative estimate of drug-likeness (QED) is 0.512. The van der Waals surface area contributed by atoms with Gasteiger partial charge in [0.2, 0.25) is 5.91 Å². The second kappa shape index (κ2) is 9.76. The number of hydrogen-bond acceptors (Lipinski definition) is 5. The number of nitrogens with one attached hydrogen (secondary N) is 3. The number of aliphatic imine (C=N–C) groups is 1. The monoisotopic (exact) mass is 375 g/mol. The maximum Gasteiger partial charge on any atom is 0.221 e. The van der Waals surface area contributed by atoms with Crippen molar-refractivity contribution in [1.82, 2.24) is 15.6 Å². The van der Waals surface area contributed by atoms with Crippen LogP contribution in [0.5, 0.6) is 5.75 Å². The predicted molar refractivity (Wildman–Crippen MR) is 106 cm³/mol. The van der Waals surface area contributed by atoms with Crippen molar-refractivity contribution >= 4 is 28.9 Å². The molecule has 2 aromatic rings. The predicted octanol–water partition coefficient (Wildman–Crippen LogP) is 2.67. The van der Waals surface area contributed by atoms with Crippen molar-refractivity contribution in [2.75, 3.05) is 19.0 Å². The van der Waals surface area contributed by atoms with E-state index in [0.29, 0.717) is 24.5 Å². The molecule has 1 aromatic carbocycles. The number of nitrogens with zero attached hydrogens (tertiary/aromatic N) is 2. The highest BCUT2D eigenvalue weighted by Gasteiger charge is 2.07. The molecule has 0 fully saturated rings. The summed E-state index contributed by atoms with van der Waals surface area (Å²) in [5.74, 6) is 1.20. The number of anilines is 1. The number of methoxy groups -OCH3 is 1. The third-order valence-corrected chi connectivity index (χ3v) is 4.33. The van der Waals surface area contributed by atoms with Gasteiger partial charge < -0.3 is 20.7 Å². The Kier molecular flexibility index (Phi) is 7.40. The van der Waals surface area contributed by atoms with Gasteiger partial charge in [-0.15, -0.1) is 11.3 Å². The van der Waals surface area contributed by atoms with Crippen LogP contribution in [-0.4, -0.2) is 30.5 Å². The molecule has 0 aliphatic carbocycles. The minimum Gasteiger partial charge on any atom is -0.495 e. The number of rotatable bonds is 7. The van der Waals surface area contributed by atoms with Gasteiger partial charge in [0.1, 0.15) is 10.8 Å². The first-order valence-electron chi connectivity index (χ1n) is 8.39. The molecule has 2 rings (SSSR count). The van der Waals surface area contributed by atoms with Crippen molar-refractivity contribution < 1.29 is 9.53 Å². The average molecular weight is 375 g/mol. The lowest BCUT2D eigenvalue weighted by atomic mass is 10.2. The molecule has 0 spiro atoms. The molecular formula is C18H25N5O2S. The lowest BCUT2D eigenvalue weighted by Crippen LogP contribution is -2.36. The van der Waals surface area contributed by atoms with Crippen molar-refractivity contribution in [1.29, 1.82) is 0 Å². The summed E-state index contributed by atoms with van der Waals surface area (Å²) in [7, 11) is 1.58. The molecule has 0 aliphatic rings. The van der Waals surface area contributed by atoms with E-state index in [1.807, 2.05) is 38.2 Å². The Morgan fingerprint density at radius 3 is 2.77 bits per heavy atom. The molecule has 0 bridgehead atoms. The first-order chi connectivity index (χ1) is 12.5. The van der Waals surface area contributed by atoms with E-state index in [0.717, 1.165) is 23.1 Å². The fourth-order valence-electron chi connectivity index (χ4n) is 2.30. The largest absolute Gasteiger partial charge is 0.495 e.